The minimum Gasteiger partial charge on any atom is -0.328 e. The predicted octanol–water partition coefficient (Wildman–Crippen LogP) is 3.46. The Bertz CT molecular complexity index is 659. The fourth-order valence-corrected chi connectivity index (χ4v) is 2.78. The van der Waals surface area contributed by atoms with E-state index in [1.165, 1.54) is 6.08 Å². The average Bonchev–Trinajstić information content (AvgIpc) is 3.21. The molecule has 0 aromatic heterocycles. The van der Waals surface area contributed by atoms with Crippen LogP contribution in [0, 0.1) is 11.7 Å². The van der Waals surface area contributed by atoms with Crippen molar-refractivity contribution in [2.45, 2.75) is 37.9 Å². The molecule has 1 aromatic carbocycles. The van der Waals surface area contributed by atoms with Crippen molar-refractivity contribution in [3.05, 3.63) is 40.8 Å². The summed E-state index contributed by atoms with van der Waals surface area (Å²) in [6.07, 6.45) is 0.302. The molecule has 3 rings (SSSR count). The fourth-order valence-electron chi connectivity index (χ4n) is 2.78. The first-order valence-corrected chi connectivity index (χ1v) is 7.97. The number of nitrogens with one attached hydrogen (secondary N) is 2. The molecule has 1 aliphatic carbocycles. The second-order valence-corrected chi connectivity index (χ2v) is 6.25. The van der Waals surface area contributed by atoms with E-state index in [0.717, 1.165) is 44.4 Å². The van der Waals surface area contributed by atoms with Gasteiger partial charge in [0.15, 0.2) is 0 Å². The number of alkyl halides is 3. The molecule has 7 heteroatoms. The third-order valence-corrected chi connectivity index (χ3v) is 4.30. The van der Waals surface area contributed by atoms with Crippen LogP contribution in [-0.4, -0.2) is 18.5 Å². The van der Waals surface area contributed by atoms with Gasteiger partial charge in [0.25, 0.3) is 0 Å². The van der Waals surface area contributed by atoms with Gasteiger partial charge >= 0.3 is 6.18 Å². The molecule has 1 saturated heterocycles. The van der Waals surface area contributed by atoms with Gasteiger partial charge in [0.05, 0.1) is 11.6 Å². The number of carbonyl (C=O) groups is 1. The third kappa shape index (κ3) is 3.95. The van der Waals surface area contributed by atoms with E-state index in [1.807, 2.05) is 0 Å². The van der Waals surface area contributed by atoms with Crippen LogP contribution in [0.4, 0.5) is 17.6 Å². The summed E-state index contributed by atoms with van der Waals surface area (Å²) in [7, 11) is 0. The average molecular weight is 342 g/mol. The summed E-state index contributed by atoms with van der Waals surface area (Å²) in [5, 5.41) is 5.89. The SMILES string of the molecule is O=C(NC(=Cc1ccc(C(F)(F)F)cc1F)C1CC1)[C@H]1CCCN1. The Kier molecular flexibility index (Phi) is 4.62. The van der Waals surface area contributed by atoms with Crippen molar-refractivity contribution in [2.24, 2.45) is 5.92 Å². The standard InChI is InChI=1S/C17H18F4N2O/c18-13-9-12(17(19,20)21)6-5-11(13)8-15(10-3-4-10)23-16(24)14-2-1-7-22-14/h5-6,8-10,14,22H,1-4,7H2,(H,23,24)/t14-/m1/s1. The Hall–Kier alpha value is -1.89. The van der Waals surface area contributed by atoms with Crippen molar-refractivity contribution in [3.63, 3.8) is 0 Å². The van der Waals surface area contributed by atoms with Gasteiger partial charge in [-0.25, -0.2) is 4.39 Å². The normalized spacial score (nSPS) is 21.8. The van der Waals surface area contributed by atoms with E-state index in [0.29, 0.717) is 11.8 Å². The first-order valence-electron chi connectivity index (χ1n) is 7.97. The Labute approximate surface area is 137 Å². The maximum atomic E-state index is 14.0. The number of hydrogen-bond donors (Lipinski definition) is 2. The summed E-state index contributed by atoms with van der Waals surface area (Å²) in [4.78, 5) is 12.2. The molecular weight excluding hydrogens is 324 g/mol. The quantitative estimate of drug-likeness (QED) is 0.823. The van der Waals surface area contributed by atoms with E-state index in [4.69, 9.17) is 0 Å². The Morgan fingerprint density at radius 1 is 1.25 bits per heavy atom. The van der Waals surface area contributed by atoms with Crippen LogP contribution in [0.15, 0.2) is 23.9 Å². The first kappa shape index (κ1) is 17.0. The molecule has 130 valence electrons. The molecule has 1 amide bonds. The maximum Gasteiger partial charge on any atom is 0.416 e. The summed E-state index contributed by atoms with van der Waals surface area (Å²) >= 11 is 0. The van der Waals surface area contributed by atoms with E-state index in [-0.39, 0.29) is 23.4 Å². The van der Waals surface area contributed by atoms with Crippen LogP contribution in [0.25, 0.3) is 6.08 Å². The lowest BCUT2D eigenvalue weighted by molar-refractivity contribution is -0.137. The molecule has 1 aliphatic heterocycles. The van der Waals surface area contributed by atoms with Crippen LogP contribution in [0.2, 0.25) is 0 Å². The number of amides is 1. The molecule has 2 aliphatic rings. The summed E-state index contributed by atoms with van der Waals surface area (Å²) < 4.78 is 51.8. The molecule has 1 saturated carbocycles. The monoisotopic (exact) mass is 342 g/mol. The summed E-state index contributed by atoms with van der Waals surface area (Å²) in [5.41, 5.74) is -0.402. The largest absolute Gasteiger partial charge is 0.416 e. The number of rotatable bonds is 4. The smallest absolute Gasteiger partial charge is 0.328 e. The molecule has 2 fully saturated rings. The van der Waals surface area contributed by atoms with Crippen LogP contribution in [0.5, 0.6) is 0 Å². The Morgan fingerprint density at radius 2 is 2.00 bits per heavy atom. The van der Waals surface area contributed by atoms with Gasteiger partial charge in [0.1, 0.15) is 5.82 Å². The molecule has 0 radical (unpaired) electrons. The van der Waals surface area contributed by atoms with Gasteiger partial charge in [-0.1, -0.05) is 6.07 Å². The second-order valence-electron chi connectivity index (χ2n) is 6.25. The number of allylic oxidation sites excluding steroid dienone is 1. The van der Waals surface area contributed by atoms with E-state index < -0.39 is 17.6 Å². The fraction of sp³-hybridized carbons (Fsp3) is 0.471. The molecule has 2 N–H and O–H groups in total. The van der Waals surface area contributed by atoms with Crippen LogP contribution >= 0.6 is 0 Å². The number of halogens is 4. The van der Waals surface area contributed by atoms with Crippen LogP contribution < -0.4 is 10.6 Å². The Balaban J connectivity index is 1.79. The zero-order valence-electron chi connectivity index (χ0n) is 12.9. The highest BCUT2D eigenvalue weighted by molar-refractivity contribution is 5.84. The molecule has 0 spiro atoms. The molecule has 1 atom stereocenters. The molecular formula is C17H18F4N2O. The van der Waals surface area contributed by atoms with Gasteiger partial charge in [-0.05, 0) is 56.4 Å². The van der Waals surface area contributed by atoms with Crippen molar-refractivity contribution in [1.29, 1.82) is 0 Å². The van der Waals surface area contributed by atoms with Gasteiger partial charge in [-0.2, -0.15) is 13.2 Å². The van der Waals surface area contributed by atoms with Gasteiger partial charge in [0, 0.05) is 11.3 Å². The maximum absolute atomic E-state index is 14.0. The highest BCUT2D eigenvalue weighted by Crippen LogP contribution is 2.37. The van der Waals surface area contributed by atoms with E-state index in [2.05, 4.69) is 10.6 Å². The van der Waals surface area contributed by atoms with Gasteiger partial charge in [-0.15, -0.1) is 0 Å². The molecule has 3 nitrogen and oxygen atoms in total. The highest BCUT2D eigenvalue weighted by atomic mass is 19.4. The van der Waals surface area contributed by atoms with Crippen LogP contribution in [0.3, 0.4) is 0 Å². The lowest BCUT2D eigenvalue weighted by Gasteiger charge is -2.14. The molecule has 24 heavy (non-hydrogen) atoms. The van der Waals surface area contributed by atoms with Crippen LogP contribution in [-0.2, 0) is 11.0 Å². The van der Waals surface area contributed by atoms with E-state index in [9.17, 15) is 22.4 Å². The van der Waals surface area contributed by atoms with E-state index in [1.54, 1.807) is 0 Å². The van der Waals surface area contributed by atoms with E-state index >= 15 is 0 Å². The van der Waals surface area contributed by atoms with Gasteiger partial charge < -0.3 is 10.6 Å². The number of carbonyl (C=O) groups excluding carboxylic acids is 1. The third-order valence-electron chi connectivity index (χ3n) is 4.30. The lowest BCUT2D eigenvalue weighted by atomic mass is 10.1. The minimum absolute atomic E-state index is 0.0459. The molecule has 0 bridgehead atoms. The zero-order chi connectivity index (χ0) is 17.3. The molecule has 1 aromatic rings. The lowest BCUT2D eigenvalue weighted by Crippen LogP contribution is -2.40. The van der Waals surface area contributed by atoms with Crippen molar-refractivity contribution in [1.82, 2.24) is 10.6 Å². The number of hydrogen-bond acceptors (Lipinski definition) is 2. The Morgan fingerprint density at radius 3 is 2.54 bits per heavy atom. The predicted molar refractivity (Wildman–Crippen MR) is 81.3 cm³/mol. The van der Waals surface area contributed by atoms with Crippen molar-refractivity contribution >= 4 is 12.0 Å². The van der Waals surface area contributed by atoms with Crippen LogP contribution in [0.1, 0.15) is 36.8 Å². The zero-order valence-corrected chi connectivity index (χ0v) is 12.9. The van der Waals surface area contributed by atoms with Crippen molar-refractivity contribution < 1.29 is 22.4 Å². The van der Waals surface area contributed by atoms with Gasteiger partial charge in [-0.3, -0.25) is 4.79 Å². The summed E-state index contributed by atoms with van der Waals surface area (Å²) in [6, 6.07) is 2.17. The van der Waals surface area contributed by atoms with Crippen molar-refractivity contribution in [3.8, 4) is 0 Å². The molecule has 0 unspecified atom stereocenters. The topological polar surface area (TPSA) is 41.1 Å². The number of benzene rings is 1. The summed E-state index contributed by atoms with van der Waals surface area (Å²) in [6.45, 7) is 0.786. The molecule has 1 heterocycles. The summed E-state index contributed by atoms with van der Waals surface area (Å²) in [5.74, 6) is -0.980. The second kappa shape index (κ2) is 6.55. The first-order chi connectivity index (χ1) is 11.3. The highest BCUT2D eigenvalue weighted by Gasteiger charge is 2.32. The van der Waals surface area contributed by atoms with Crippen molar-refractivity contribution in [2.75, 3.05) is 6.54 Å². The van der Waals surface area contributed by atoms with Gasteiger partial charge in [0.2, 0.25) is 5.91 Å². The minimum atomic E-state index is -4.58.